The van der Waals surface area contributed by atoms with E-state index in [0.29, 0.717) is 24.0 Å². The highest BCUT2D eigenvalue weighted by Gasteiger charge is 2.42. The van der Waals surface area contributed by atoms with Crippen molar-refractivity contribution >= 4 is 11.8 Å². The molecule has 0 aliphatic carbocycles. The van der Waals surface area contributed by atoms with Crippen LogP contribution in [0.2, 0.25) is 0 Å². The number of carbonyl (C=O) groups excluding carboxylic acids is 1. The molecule has 0 bridgehead atoms. The van der Waals surface area contributed by atoms with Crippen molar-refractivity contribution in [3.63, 3.8) is 0 Å². The van der Waals surface area contributed by atoms with E-state index >= 15 is 0 Å². The topological polar surface area (TPSA) is 80.1 Å². The van der Waals surface area contributed by atoms with E-state index in [9.17, 15) is 18.7 Å². The summed E-state index contributed by atoms with van der Waals surface area (Å²) in [6, 6.07) is 4.24. The average Bonchev–Trinajstić information content (AvgIpc) is 3.05. The fraction of sp³-hybridized carbons (Fsp3) is 0.333. The molecule has 1 aliphatic heterocycles. The van der Waals surface area contributed by atoms with Crippen LogP contribution in [0.1, 0.15) is 30.2 Å². The lowest BCUT2D eigenvalue weighted by Gasteiger charge is -2.37. The van der Waals surface area contributed by atoms with E-state index in [-0.39, 0.29) is 17.3 Å². The number of hydrogen-bond acceptors (Lipinski definition) is 5. The summed E-state index contributed by atoms with van der Waals surface area (Å²) < 4.78 is 39.4. The van der Waals surface area contributed by atoms with E-state index < -0.39 is 24.7 Å². The number of alkyl halides is 2. The van der Waals surface area contributed by atoms with Gasteiger partial charge in [-0.15, -0.1) is 0 Å². The number of aliphatic hydroxyl groups excluding tert-OH is 1. The molecule has 2 aromatic rings. The van der Waals surface area contributed by atoms with Crippen LogP contribution in [0.5, 0.6) is 11.5 Å². The third-order valence-corrected chi connectivity index (χ3v) is 4.67. The molecule has 1 aromatic carbocycles. The summed E-state index contributed by atoms with van der Waals surface area (Å²) in [4.78, 5) is 18.5. The molecule has 1 aromatic heterocycles. The Bertz CT molecular complexity index is 1080. The predicted octanol–water partition coefficient (Wildman–Crippen LogP) is 2.87. The van der Waals surface area contributed by atoms with Gasteiger partial charge in [-0.2, -0.15) is 0 Å². The molecular formula is C21H22F2N4O4. The maximum absolute atomic E-state index is 13.7. The van der Waals surface area contributed by atoms with Crippen molar-refractivity contribution in [1.82, 2.24) is 14.5 Å². The van der Waals surface area contributed by atoms with Gasteiger partial charge in [0.1, 0.15) is 5.69 Å². The Kier molecular flexibility index (Phi) is 5.90. The monoisotopic (exact) mass is 432 g/mol. The first-order valence-electron chi connectivity index (χ1n) is 9.20. The molecule has 1 unspecified atom stereocenters. The van der Waals surface area contributed by atoms with Crippen molar-refractivity contribution < 1.29 is 28.2 Å². The number of ether oxygens (including phenoxy) is 2. The van der Waals surface area contributed by atoms with Gasteiger partial charge in [-0.25, -0.2) is 18.6 Å². The minimum atomic E-state index is -3.18. The van der Waals surface area contributed by atoms with Crippen LogP contribution in [-0.2, 0) is 7.05 Å². The molecule has 1 N–H and O–H groups in total. The Balaban J connectivity index is 2.06. The van der Waals surface area contributed by atoms with E-state index in [2.05, 4.69) is 23.4 Å². The maximum Gasteiger partial charge on any atom is 0.332 e. The molecule has 0 radical (unpaired) electrons. The van der Waals surface area contributed by atoms with Crippen molar-refractivity contribution in [2.24, 2.45) is 7.05 Å². The predicted molar refractivity (Wildman–Crippen MR) is 109 cm³/mol. The molecule has 1 aliphatic rings. The number of hydrogen-bond donors (Lipinski definition) is 1. The summed E-state index contributed by atoms with van der Waals surface area (Å²) in [6.45, 7) is 3.27. The molecular weight excluding hydrogens is 410 g/mol. The molecule has 3 rings (SSSR count). The van der Waals surface area contributed by atoms with Gasteiger partial charge in [-0.3, -0.25) is 9.80 Å². The molecule has 0 saturated carbocycles. The molecule has 0 saturated heterocycles. The zero-order valence-corrected chi connectivity index (χ0v) is 17.5. The average molecular weight is 432 g/mol. The molecule has 8 nitrogen and oxygen atoms in total. The fourth-order valence-electron chi connectivity index (χ4n) is 3.20. The maximum atomic E-state index is 13.7. The Labute approximate surface area is 178 Å². The van der Waals surface area contributed by atoms with Crippen LogP contribution >= 0.6 is 0 Å². The number of urea groups is 1. The summed E-state index contributed by atoms with van der Waals surface area (Å²) in [5, 5.41) is 10.6. The summed E-state index contributed by atoms with van der Waals surface area (Å²) in [6.07, 6.45) is -0.352. The normalized spacial score (nSPS) is 15.8. The minimum Gasteiger partial charge on any atom is -0.493 e. The van der Waals surface area contributed by atoms with Gasteiger partial charge < -0.3 is 19.1 Å². The number of anilines is 1. The number of rotatable bonds is 5. The number of carbonyl (C=O) groups is 1. The standard InChI is InChI=1S/C21H22F2N4O4/c1-6-26-19(28)17-18(27(20(26)29)12-21(2,22)23)24-16(25(17)3)10-8-13-7-9-14(30-4)15(11-13)31-5/h6-7,9,11,19,28H,1,12H2,2-5H3. The van der Waals surface area contributed by atoms with Crippen LogP contribution in [-0.4, -0.2) is 52.3 Å². The van der Waals surface area contributed by atoms with Crippen LogP contribution in [0.4, 0.5) is 19.4 Å². The summed E-state index contributed by atoms with van der Waals surface area (Å²) >= 11 is 0. The van der Waals surface area contributed by atoms with Gasteiger partial charge in [0.25, 0.3) is 5.92 Å². The van der Waals surface area contributed by atoms with Crippen molar-refractivity contribution in [2.45, 2.75) is 19.1 Å². The van der Waals surface area contributed by atoms with Crippen molar-refractivity contribution in [3.8, 4) is 23.3 Å². The molecule has 2 heterocycles. The second kappa shape index (κ2) is 8.28. The van der Waals surface area contributed by atoms with Gasteiger partial charge in [-0.1, -0.05) is 12.5 Å². The van der Waals surface area contributed by atoms with Crippen LogP contribution in [0.15, 0.2) is 31.0 Å². The third kappa shape index (κ3) is 4.18. The van der Waals surface area contributed by atoms with Crippen LogP contribution in [0.25, 0.3) is 0 Å². The zero-order valence-electron chi connectivity index (χ0n) is 17.5. The number of halogens is 2. The first-order valence-corrected chi connectivity index (χ1v) is 9.20. The van der Waals surface area contributed by atoms with Crippen molar-refractivity contribution in [1.29, 1.82) is 0 Å². The Morgan fingerprint density at radius 2 is 1.97 bits per heavy atom. The van der Waals surface area contributed by atoms with E-state index in [4.69, 9.17) is 9.47 Å². The zero-order chi connectivity index (χ0) is 22.9. The number of benzene rings is 1. The Hall–Kier alpha value is -3.58. The summed E-state index contributed by atoms with van der Waals surface area (Å²) in [7, 11) is 4.60. The fourth-order valence-corrected chi connectivity index (χ4v) is 3.20. The summed E-state index contributed by atoms with van der Waals surface area (Å²) in [5.74, 6) is 3.74. The van der Waals surface area contributed by atoms with Gasteiger partial charge in [0.2, 0.25) is 0 Å². The smallest absolute Gasteiger partial charge is 0.332 e. The van der Waals surface area contributed by atoms with Crippen LogP contribution in [0, 0.1) is 11.8 Å². The van der Waals surface area contributed by atoms with Crippen molar-refractivity contribution in [3.05, 3.63) is 48.1 Å². The number of imidazole rings is 1. The van der Waals surface area contributed by atoms with Gasteiger partial charge in [0.05, 0.1) is 20.8 Å². The number of amides is 2. The number of nitrogens with zero attached hydrogens (tertiary/aromatic N) is 4. The molecule has 2 amide bonds. The Morgan fingerprint density at radius 3 is 2.55 bits per heavy atom. The van der Waals surface area contributed by atoms with Gasteiger partial charge in [-0.05, 0) is 24.1 Å². The quantitative estimate of drug-likeness (QED) is 0.735. The highest BCUT2D eigenvalue weighted by atomic mass is 19.3. The summed E-state index contributed by atoms with van der Waals surface area (Å²) in [5.41, 5.74) is 0.750. The largest absolute Gasteiger partial charge is 0.493 e. The van der Waals surface area contributed by atoms with Gasteiger partial charge in [0, 0.05) is 25.7 Å². The van der Waals surface area contributed by atoms with E-state index in [1.165, 1.54) is 18.8 Å². The van der Waals surface area contributed by atoms with Crippen molar-refractivity contribution in [2.75, 3.05) is 25.7 Å². The van der Waals surface area contributed by atoms with E-state index in [1.54, 1.807) is 25.2 Å². The lowest BCUT2D eigenvalue weighted by molar-refractivity contribution is 0.0213. The number of aliphatic hydroxyl groups is 1. The third-order valence-electron chi connectivity index (χ3n) is 4.67. The number of fused-ring (bicyclic) bond motifs is 1. The van der Waals surface area contributed by atoms with Crippen LogP contribution < -0.4 is 14.4 Å². The second-order valence-corrected chi connectivity index (χ2v) is 6.93. The van der Waals surface area contributed by atoms with E-state index in [0.717, 1.165) is 16.0 Å². The number of methoxy groups -OCH3 is 2. The Morgan fingerprint density at radius 1 is 1.29 bits per heavy atom. The molecule has 164 valence electrons. The van der Waals surface area contributed by atoms with E-state index in [1.807, 2.05) is 0 Å². The molecule has 31 heavy (non-hydrogen) atoms. The molecule has 10 heteroatoms. The number of aromatic nitrogens is 2. The SMILES string of the molecule is C=CN1C(=O)N(CC(C)(F)F)c2nc(C#Cc3ccc(OC)c(OC)c3)n(C)c2C1O. The molecule has 0 fully saturated rings. The minimum absolute atomic E-state index is 0.0729. The lowest BCUT2D eigenvalue weighted by atomic mass is 10.2. The first kappa shape index (κ1) is 22.1. The first-order chi connectivity index (χ1) is 14.6. The molecule has 0 spiro atoms. The second-order valence-electron chi connectivity index (χ2n) is 6.93. The van der Waals surface area contributed by atoms with Gasteiger partial charge in [0.15, 0.2) is 29.4 Å². The lowest BCUT2D eigenvalue weighted by Crippen LogP contribution is -2.51. The van der Waals surface area contributed by atoms with Gasteiger partial charge >= 0.3 is 6.03 Å². The molecule has 1 atom stereocenters. The van der Waals surface area contributed by atoms with Crippen LogP contribution in [0.3, 0.4) is 0 Å². The highest BCUT2D eigenvalue weighted by Crippen LogP contribution is 2.36. The highest BCUT2D eigenvalue weighted by molar-refractivity contribution is 5.94.